The lowest BCUT2D eigenvalue weighted by Crippen LogP contribution is -2.65. The number of oxime groups is 1. The number of hydrogen-bond acceptors (Lipinski definition) is 8. The fourth-order valence-corrected chi connectivity index (χ4v) is 8.94. The van der Waals surface area contributed by atoms with Gasteiger partial charge in [0.1, 0.15) is 5.69 Å². The lowest BCUT2D eigenvalue weighted by Gasteiger charge is -2.64. The Kier molecular flexibility index (Phi) is 9.28. The van der Waals surface area contributed by atoms with Gasteiger partial charge in [-0.15, -0.1) is 0 Å². The molecule has 2 N–H and O–H groups in total. The van der Waals surface area contributed by atoms with Gasteiger partial charge in [0.25, 0.3) is 11.8 Å². The van der Waals surface area contributed by atoms with Crippen LogP contribution in [0, 0.1) is 23.2 Å². The second kappa shape index (κ2) is 13.4. The van der Waals surface area contributed by atoms with E-state index in [1.165, 1.54) is 0 Å². The predicted octanol–water partition coefficient (Wildman–Crippen LogP) is 5.54. The average molecular weight is 681 g/mol. The van der Waals surface area contributed by atoms with Crippen molar-refractivity contribution in [2.24, 2.45) is 28.3 Å². The van der Waals surface area contributed by atoms with Gasteiger partial charge in [-0.3, -0.25) is 14.6 Å². The monoisotopic (exact) mass is 680 g/mol. The van der Waals surface area contributed by atoms with Gasteiger partial charge in [0.2, 0.25) is 5.60 Å². The molecular weight excluding hydrogens is 631 g/mol. The lowest BCUT2D eigenvalue weighted by atomic mass is 9.43. The summed E-state index contributed by atoms with van der Waals surface area (Å²) in [6, 6.07) is 18.6. The van der Waals surface area contributed by atoms with E-state index >= 15 is 0 Å². The maximum Gasteiger partial charge on any atom is 0.481 e. The minimum Gasteiger partial charge on any atom is -0.404 e. The molecule has 3 saturated carbocycles. The first kappa shape index (κ1) is 34.6. The van der Waals surface area contributed by atoms with Crippen LogP contribution < -0.4 is 10.6 Å². The number of aromatic nitrogens is 1. The van der Waals surface area contributed by atoms with Crippen LogP contribution in [0.15, 0.2) is 72.0 Å². The van der Waals surface area contributed by atoms with Crippen LogP contribution in [0.2, 0.25) is 0 Å². The normalized spacial score (nSPS) is 29.1. The fraction of sp³-hybridized carbons (Fsp3) is 0.538. The number of benzene rings is 2. The molecule has 11 heteroatoms. The third-order valence-corrected chi connectivity index (χ3v) is 11.8. The third-order valence-electron chi connectivity index (χ3n) is 11.8. The summed E-state index contributed by atoms with van der Waals surface area (Å²) in [7, 11) is 0.993. The molecule has 5 aliphatic rings. The molecule has 2 aliphatic heterocycles. The molecule has 4 fully saturated rings. The van der Waals surface area contributed by atoms with Crippen molar-refractivity contribution < 1.29 is 28.5 Å². The number of amides is 2. The van der Waals surface area contributed by atoms with Crippen LogP contribution in [0.3, 0.4) is 0 Å². The number of pyridine rings is 1. The molecule has 1 saturated heterocycles. The second-order valence-electron chi connectivity index (χ2n) is 15.9. The quantitative estimate of drug-likeness (QED) is 0.241. The van der Waals surface area contributed by atoms with E-state index in [0.717, 1.165) is 29.2 Å². The maximum atomic E-state index is 14.7. The second-order valence-corrected chi connectivity index (χ2v) is 15.9. The standard InChI is InChI=1S/C39H49BN4O6/c1-24(2)18-33(40-48-32-20-27-19-31(37(27,3)4)38(32,5)49-40)43-36(46)39(21-25-12-8-7-9-13-25)22-29(44-50-39)30(23-47-6)42-35(45)34-28-15-11-10-14-26(28)16-17-41-34/h7-17,24,27,30-33H,18-23H2,1-6H3,(H,42,45)(H,43,46)/t27-,30-,31-,32+,33-,38-,39?/m0/s1. The molecule has 3 aromatic rings. The van der Waals surface area contributed by atoms with Crippen LogP contribution in [0.25, 0.3) is 10.8 Å². The van der Waals surface area contributed by atoms with Crippen molar-refractivity contribution in [3.63, 3.8) is 0 Å². The lowest BCUT2D eigenvalue weighted by molar-refractivity contribution is -0.199. The van der Waals surface area contributed by atoms with Gasteiger partial charge >= 0.3 is 7.12 Å². The minimum absolute atomic E-state index is 0.00132. The Morgan fingerprint density at radius 3 is 2.52 bits per heavy atom. The Balaban J connectivity index is 1.13. The Morgan fingerprint density at radius 2 is 1.78 bits per heavy atom. The van der Waals surface area contributed by atoms with E-state index in [4.69, 9.17) is 18.9 Å². The van der Waals surface area contributed by atoms with Gasteiger partial charge < -0.3 is 29.5 Å². The van der Waals surface area contributed by atoms with Crippen LogP contribution in [-0.2, 0) is 30.1 Å². The number of fused-ring (bicyclic) bond motifs is 1. The van der Waals surface area contributed by atoms with E-state index in [1.807, 2.05) is 60.7 Å². The molecule has 50 heavy (non-hydrogen) atoms. The van der Waals surface area contributed by atoms with Crippen LogP contribution in [0.5, 0.6) is 0 Å². The van der Waals surface area contributed by atoms with Gasteiger partial charge in [-0.05, 0) is 66.4 Å². The van der Waals surface area contributed by atoms with Crippen LogP contribution in [-0.4, -0.2) is 72.6 Å². The Labute approximate surface area is 295 Å². The van der Waals surface area contributed by atoms with Gasteiger partial charge in [0, 0.05) is 31.5 Å². The van der Waals surface area contributed by atoms with E-state index in [-0.39, 0.29) is 48.7 Å². The number of methoxy groups -OCH3 is 1. The first-order chi connectivity index (χ1) is 23.9. The summed E-state index contributed by atoms with van der Waals surface area (Å²) in [5.74, 6) is 0.270. The topological polar surface area (TPSA) is 120 Å². The van der Waals surface area contributed by atoms with Crippen molar-refractivity contribution in [1.29, 1.82) is 0 Å². The zero-order chi connectivity index (χ0) is 35.3. The smallest absolute Gasteiger partial charge is 0.404 e. The Morgan fingerprint density at radius 1 is 1.02 bits per heavy atom. The molecule has 0 radical (unpaired) electrons. The molecule has 1 unspecified atom stereocenters. The average Bonchev–Trinajstić information content (AvgIpc) is 3.69. The van der Waals surface area contributed by atoms with Crippen molar-refractivity contribution >= 4 is 35.4 Å². The molecule has 3 heterocycles. The van der Waals surface area contributed by atoms with Crippen LogP contribution in [0.1, 0.15) is 76.4 Å². The van der Waals surface area contributed by atoms with E-state index in [0.29, 0.717) is 29.7 Å². The SMILES string of the molecule is COC[C@H](NC(=O)c1nccc2ccccc12)C1=NOC(Cc2ccccc2)(C(=O)N[C@@H](CC(C)C)B2O[C@@H]3C[C@@H]4C[C@@H](C4(C)C)[C@]3(C)O2)C1. The van der Waals surface area contributed by atoms with E-state index in [1.54, 1.807) is 13.3 Å². The van der Waals surface area contributed by atoms with Gasteiger partial charge in [-0.25, -0.2) is 0 Å². The molecule has 3 aliphatic carbocycles. The van der Waals surface area contributed by atoms with Gasteiger partial charge in [-0.1, -0.05) is 87.4 Å². The summed E-state index contributed by atoms with van der Waals surface area (Å²) in [5, 5.41) is 12.5. The molecule has 2 bridgehead atoms. The Hall–Kier alpha value is -3.80. The number of nitrogens with one attached hydrogen (secondary N) is 2. The summed E-state index contributed by atoms with van der Waals surface area (Å²) in [6.07, 6.45) is 4.86. The first-order valence-corrected chi connectivity index (χ1v) is 18.0. The summed E-state index contributed by atoms with van der Waals surface area (Å²) in [6.45, 7) is 11.3. The van der Waals surface area contributed by atoms with Crippen molar-refractivity contribution in [2.75, 3.05) is 13.7 Å². The molecular formula is C39H49BN4O6. The van der Waals surface area contributed by atoms with Crippen LogP contribution >= 0.6 is 0 Å². The summed E-state index contributed by atoms with van der Waals surface area (Å²) in [4.78, 5) is 38.9. The summed E-state index contributed by atoms with van der Waals surface area (Å²) >= 11 is 0. The maximum absolute atomic E-state index is 14.7. The molecule has 2 amide bonds. The number of hydrogen-bond donors (Lipinski definition) is 2. The molecule has 7 atom stereocenters. The molecule has 10 nitrogen and oxygen atoms in total. The number of nitrogens with zero attached hydrogens (tertiary/aromatic N) is 2. The number of ether oxygens (including phenoxy) is 1. The van der Waals surface area contributed by atoms with E-state index in [2.05, 4.69) is 55.4 Å². The molecule has 2 aromatic carbocycles. The molecule has 1 aromatic heterocycles. The Bertz CT molecular complexity index is 1760. The van der Waals surface area contributed by atoms with E-state index in [9.17, 15) is 9.59 Å². The summed E-state index contributed by atoms with van der Waals surface area (Å²) < 4.78 is 19.1. The predicted molar refractivity (Wildman–Crippen MR) is 192 cm³/mol. The van der Waals surface area contributed by atoms with Crippen molar-refractivity contribution in [1.82, 2.24) is 15.6 Å². The van der Waals surface area contributed by atoms with Crippen molar-refractivity contribution in [2.45, 2.75) is 96.0 Å². The fourth-order valence-electron chi connectivity index (χ4n) is 8.94. The molecule has 8 rings (SSSR count). The number of carbonyl (C=O) groups is 2. The number of carbonyl (C=O) groups excluding carboxylic acids is 2. The number of rotatable bonds is 12. The largest absolute Gasteiger partial charge is 0.481 e. The summed E-state index contributed by atoms with van der Waals surface area (Å²) in [5.41, 5.74) is 0.208. The van der Waals surface area contributed by atoms with Crippen molar-refractivity contribution in [3.05, 3.63) is 78.1 Å². The highest BCUT2D eigenvalue weighted by atomic mass is 16.7. The zero-order valence-electron chi connectivity index (χ0n) is 30.0. The highest BCUT2D eigenvalue weighted by Crippen LogP contribution is 2.65. The van der Waals surface area contributed by atoms with Gasteiger partial charge in [0.05, 0.1) is 36.0 Å². The van der Waals surface area contributed by atoms with E-state index < -0.39 is 30.3 Å². The third kappa shape index (κ3) is 6.22. The minimum atomic E-state index is -1.36. The van der Waals surface area contributed by atoms with Crippen LogP contribution in [0.4, 0.5) is 0 Å². The molecule has 264 valence electrons. The highest BCUT2D eigenvalue weighted by Gasteiger charge is 2.68. The molecule has 0 spiro atoms. The highest BCUT2D eigenvalue weighted by molar-refractivity contribution is 6.48. The first-order valence-electron chi connectivity index (χ1n) is 18.0. The zero-order valence-corrected chi connectivity index (χ0v) is 30.0. The van der Waals surface area contributed by atoms with Gasteiger partial charge in [0.15, 0.2) is 0 Å². The van der Waals surface area contributed by atoms with Gasteiger partial charge in [-0.2, -0.15) is 0 Å². The van der Waals surface area contributed by atoms with Crippen molar-refractivity contribution in [3.8, 4) is 0 Å².